The topological polar surface area (TPSA) is 97.7 Å². The number of anilines is 1. The number of hydrogen-bond acceptors (Lipinski definition) is 6. The lowest BCUT2D eigenvalue weighted by atomic mass is 10.1. The Morgan fingerprint density at radius 1 is 1.13 bits per heavy atom. The highest BCUT2D eigenvalue weighted by Crippen LogP contribution is 2.35. The molecule has 0 unspecified atom stereocenters. The molecule has 0 spiro atoms. The van der Waals surface area contributed by atoms with E-state index in [4.69, 9.17) is 9.47 Å². The van der Waals surface area contributed by atoms with Crippen molar-refractivity contribution in [1.82, 2.24) is 0 Å². The summed E-state index contributed by atoms with van der Waals surface area (Å²) in [4.78, 5) is 24.0. The Hall–Kier alpha value is -3.06. The Kier molecular flexibility index (Phi) is 8.68. The first kappa shape index (κ1) is 23.2. The molecule has 7 nitrogen and oxygen atoms in total. The number of nitrogens with zero attached hydrogens (tertiary/aromatic N) is 1. The average molecular weight is 520 g/mol. The van der Waals surface area contributed by atoms with Gasteiger partial charge < -0.3 is 19.5 Å². The minimum Gasteiger partial charge on any atom is -0.490 e. The van der Waals surface area contributed by atoms with Crippen molar-refractivity contribution in [3.05, 3.63) is 56.7 Å². The number of carbonyl (C=O) groups is 2. The summed E-state index contributed by atoms with van der Waals surface area (Å²) in [5, 5.41) is 12.1. The SMILES string of the molecule is CCOc1cc(/C=C(\C#N)C(=O)Nc2ccc(C(=O)OC)cc2)cc(I)c1OCC. The Bertz CT molecular complexity index is 994. The van der Waals surface area contributed by atoms with E-state index < -0.39 is 11.9 Å². The molecule has 156 valence electrons. The molecule has 2 aromatic rings. The summed E-state index contributed by atoms with van der Waals surface area (Å²) < 4.78 is 16.7. The van der Waals surface area contributed by atoms with Crippen molar-refractivity contribution < 1.29 is 23.8 Å². The third-order valence-corrected chi connectivity index (χ3v) is 4.66. The molecule has 30 heavy (non-hydrogen) atoms. The number of amides is 1. The van der Waals surface area contributed by atoms with Crippen LogP contribution in [0.5, 0.6) is 11.5 Å². The maximum absolute atomic E-state index is 12.5. The largest absolute Gasteiger partial charge is 0.490 e. The van der Waals surface area contributed by atoms with Gasteiger partial charge in [0.1, 0.15) is 11.6 Å². The van der Waals surface area contributed by atoms with Gasteiger partial charge in [-0.15, -0.1) is 0 Å². The van der Waals surface area contributed by atoms with Crippen LogP contribution in [0.2, 0.25) is 0 Å². The van der Waals surface area contributed by atoms with Crippen molar-refractivity contribution in [2.24, 2.45) is 0 Å². The molecule has 0 saturated heterocycles. The summed E-state index contributed by atoms with van der Waals surface area (Å²) in [5.41, 5.74) is 1.37. The Labute approximate surface area is 188 Å². The molecule has 2 aromatic carbocycles. The molecule has 0 radical (unpaired) electrons. The molecule has 0 aliphatic rings. The third-order valence-electron chi connectivity index (χ3n) is 3.86. The predicted octanol–water partition coefficient (Wildman–Crippen LogP) is 4.42. The maximum Gasteiger partial charge on any atom is 0.337 e. The summed E-state index contributed by atoms with van der Waals surface area (Å²) >= 11 is 2.13. The van der Waals surface area contributed by atoms with Gasteiger partial charge in [0.25, 0.3) is 5.91 Å². The van der Waals surface area contributed by atoms with Crippen LogP contribution in [0.1, 0.15) is 29.8 Å². The highest BCUT2D eigenvalue weighted by molar-refractivity contribution is 14.1. The van der Waals surface area contributed by atoms with Crippen LogP contribution in [0.4, 0.5) is 5.69 Å². The number of halogens is 1. The molecule has 0 heterocycles. The fraction of sp³-hybridized carbons (Fsp3) is 0.227. The first-order valence-electron chi connectivity index (χ1n) is 9.14. The molecule has 0 atom stereocenters. The van der Waals surface area contributed by atoms with Crippen molar-refractivity contribution >= 4 is 46.2 Å². The molecule has 1 N–H and O–H groups in total. The highest BCUT2D eigenvalue weighted by atomic mass is 127. The number of nitriles is 1. The van der Waals surface area contributed by atoms with Crippen molar-refractivity contribution in [2.45, 2.75) is 13.8 Å². The monoisotopic (exact) mass is 520 g/mol. The van der Waals surface area contributed by atoms with Gasteiger partial charge in [-0.25, -0.2) is 4.79 Å². The first-order valence-corrected chi connectivity index (χ1v) is 10.2. The third kappa shape index (κ3) is 5.97. The summed E-state index contributed by atoms with van der Waals surface area (Å²) in [5.74, 6) is 0.144. The second-order valence-corrected chi connectivity index (χ2v) is 7.05. The Morgan fingerprint density at radius 3 is 2.37 bits per heavy atom. The number of ether oxygens (including phenoxy) is 3. The van der Waals surface area contributed by atoms with E-state index in [2.05, 4.69) is 32.6 Å². The maximum atomic E-state index is 12.5. The lowest BCUT2D eigenvalue weighted by Crippen LogP contribution is -2.13. The summed E-state index contributed by atoms with van der Waals surface area (Å²) in [7, 11) is 1.29. The van der Waals surface area contributed by atoms with Crippen molar-refractivity contribution in [1.29, 1.82) is 5.26 Å². The normalized spacial score (nSPS) is 10.7. The number of methoxy groups -OCH3 is 1. The van der Waals surface area contributed by atoms with Gasteiger partial charge in [-0.05, 0) is 84.5 Å². The van der Waals surface area contributed by atoms with E-state index in [1.165, 1.54) is 25.3 Å². The zero-order valence-electron chi connectivity index (χ0n) is 16.8. The number of benzene rings is 2. The van der Waals surface area contributed by atoms with E-state index in [1.807, 2.05) is 26.0 Å². The van der Waals surface area contributed by atoms with Gasteiger partial charge in [0, 0.05) is 5.69 Å². The van der Waals surface area contributed by atoms with Crippen molar-refractivity contribution in [3.63, 3.8) is 0 Å². The Morgan fingerprint density at radius 2 is 1.80 bits per heavy atom. The molecule has 0 aliphatic carbocycles. The van der Waals surface area contributed by atoms with Gasteiger partial charge in [-0.2, -0.15) is 5.26 Å². The number of hydrogen-bond donors (Lipinski definition) is 1. The lowest BCUT2D eigenvalue weighted by Gasteiger charge is -2.13. The van der Waals surface area contributed by atoms with E-state index in [1.54, 1.807) is 18.2 Å². The molecular weight excluding hydrogens is 499 g/mol. The van der Waals surface area contributed by atoms with E-state index in [-0.39, 0.29) is 5.57 Å². The second-order valence-electron chi connectivity index (χ2n) is 5.89. The molecule has 8 heteroatoms. The van der Waals surface area contributed by atoms with Crippen LogP contribution in [0.25, 0.3) is 6.08 Å². The van der Waals surface area contributed by atoms with Crippen molar-refractivity contribution in [3.8, 4) is 17.6 Å². The number of esters is 1. The summed E-state index contributed by atoms with van der Waals surface area (Å²) in [6.07, 6.45) is 1.48. The van der Waals surface area contributed by atoms with E-state index in [9.17, 15) is 14.9 Å². The summed E-state index contributed by atoms with van der Waals surface area (Å²) in [6, 6.07) is 11.6. The standard InChI is InChI=1S/C22H21IN2O5/c1-4-29-19-12-14(11-18(23)20(19)30-5-2)10-16(13-24)21(26)25-17-8-6-15(7-9-17)22(27)28-3/h6-12H,4-5H2,1-3H3,(H,25,26)/b16-10+. The zero-order valence-corrected chi connectivity index (χ0v) is 19.0. The summed E-state index contributed by atoms with van der Waals surface area (Å²) in [6.45, 7) is 4.70. The number of rotatable bonds is 8. The Balaban J connectivity index is 2.27. The van der Waals surface area contributed by atoms with Gasteiger partial charge >= 0.3 is 5.97 Å². The van der Waals surface area contributed by atoms with Crippen LogP contribution in [0.3, 0.4) is 0 Å². The van der Waals surface area contributed by atoms with Gasteiger partial charge in [0.15, 0.2) is 11.5 Å². The number of carbonyl (C=O) groups excluding carboxylic acids is 2. The molecule has 0 aromatic heterocycles. The fourth-order valence-corrected chi connectivity index (χ4v) is 3.32. The van der Waals surface area contributed by atoms with Crippen LogP contribution >= 0.6 is 22.6 Å². The fourth-order valence-electron chi connectivity index (χ4n) is 2.54. The minimum absolute atomic E-state index is 0.0746. The van der Waals surface area contributed by atoms with E-state index in [0.29, 0.717) is 41.5 Å². The van der Waals surface area contributed by atoms with Gasteiger partial charge in [0.05, 0.1) is 29.5 Å². The van der Waals surface area contributed by atoms with E-state index in [0.717, 1.165) is 3.57 Å². The second kappa shape index (κ2) is 11.2. The molecule has 2 rings (SSSR count). The minimum atomic E-state index is -0.565. The number of nitrogens with one attached hydrogen (secondary N) is 1. The first-order chi connectivity index (χ1) is 14.4. The molecular formula is C22H21IN2O5. The van der Waals surface area contributed by atoms with Crippen LogP contribution in [-0.4, -0.2) is 32.2 Å². The molecule has 0 bridgehead atoms. The highest BCUT2D eigenvalue weighted by Gasteiger charge is 2.14. The van der Waals surface area contributed by atoms with E-state index >= 15 is 0 Å². The average Bonchev–Trinajstić information content (AvgIpc) is 2.74. The smallest absolute Gasteiger partial charge is 0.337 e. The lowest BCUT2D eigenvalue weighted by molar-refractivity contribution is -0.112. The van der Waals surface area contributed by atoms with Crippen molar-refractivity contribution in [2.75, 3.05) is 25.6 Å². The molecule has 1 amide bonds. The van der Waals surface area contributed by atoms with Gasteiger partial charge in [-0.1, -0.05) is 0 Å². The van der Waals surface area contributed by atoms with Gasteiger partial charge in [0.2, 0.25) is 0 Å². The van der Waals surface area contributed by atoms with Gasteiger partial charge in [-0.3, -0.25) is 4.79 Å². The van der Waals surface area contributed by atoms with Crippen LogP contribution in [0, 0.1) is 14.9 Å². The van der Waals surface area contributed by atoms with Crippen LogP contribution in [-0.2, 0) is 9.53 Å². The molecule has 0 aliphatic heterocycles. The van der Waals surface area contributed by atoms with Crippen LogP contribution in [0.15, 0.2) is 42.0 Å². The quantitative estimate of drug-likeness (QED) is 0.240. The predicted molar refractivity (Wildman–Crippen MR) is 121 cm³/mol. The zero-order chi connectivity index (χ0) is 22.1. The molecule has 0 saturated carbocycles. The van der Waals surface area contributed by atoms with Crippen LogP contribution < -0.4 is 14.8 Å². The molecule has 0 fully saturated rings.